The van der Waals surface area contributed by atoms with Gasteiger partial charge < -0.3 is 20.4 Å². The number of methoxy groups -OCH3 is 1. The molecule has 0 saturated carbocycles. The van der Waals surface area contributed by atoms with E-state index in [0.29, 0.717) is 26.1 Å². The van der Waals surface area contributed by atoms with Gasteiger partial charge in [-0.15, -0.1) is 0 Å². The lowest BCUT2D eigenvalue weighted by atomic mass is 9.96. The highest BCUT2D eigenvalue weighted by Gasteiger charge is 2.38. The van der Waals surface area contributed by atoms with E-state index in [-0.39, 0.29) is 23.7 Å². The molecule has 1 aromatic heterocycles. The number of hydrogen-bond donors (Lipinski definition) is 2. The number of para-hydroxylation sites is 1. The summed E-state index contributed by atoms with van der Waals surface area (Å²) in [5, 5.41) is 1.06. The van der Waals surface area contributed by atoms with E-state index in [9.17, 15) is 9.59 Å². The highest BCUT2D eigenvalue weighted by atomic mass is 16.5. The minimum Gasteiger partial charge on any atom is -0.384 e. The van der Waals surface area contributed by atoms with E-state index in [4.69, 9.17) is 10.5 Å². The first-order valence-corrected chi connectivity index (χ1v) is 7.71. The summed E-state index contributed by atoms with van der Waals surface area (Å²) in [5.74, 6) is -0.708. The van der Waals surface area contributed by atoms with Gasteiger partial charge in [0.1, 0.15) is 0 Å². The van der Waals surface area contributed by atoms with Crippen molar-refractivity contribution >= 4 is 22.7 Å². The second-order valence-corrected chi connectivity index (χ2v) is 6.06. The van der Waals surface area contributed by atoms with E-state index in [2.05, 4.69) is 4.98 Å². The van der Waals surface area contributed by atoms with Crippen LogP contribution < -0.4 is 5.73 Å². The molecule has 0 unspecified atom stereocenters. The van der Waals surface area contributed by atoms with Gasteiger partial charge in [-0.05, 0) is 11.6 Å². The van der Waals surface area contributed by atoms with Crippen LogP contribution in [-0.2, 0) is 20.7 Å². The Balaban J connectivity index is 1.72. The molecule has 122 valence electrons. The molecule has 0 bridgehead atoms. The predicted molar refractivity (Wildman–Crippen MR) is 86.6 cm³/mol. The summed E-state index contributed by atoms with van der Waals surface area (Å²) in [6, 6.07) is 7.89. The Kier molecular flexibility index (Phi) is 4.34. The van der Waals surface area contributed by atoms with Crippen LogP contribution in [0.15, 0.2) is 30.5 Å². The number of primary amides is 1. The third kappa shape index (κ3) is 3.07. The van der Waals surface area contributed by atoms with E-state index < -0.39 is 0 Å². The highest BCUT2D eigenvalue weighted by molar-refractivity contribution is 5.89. The Morgan fingerprint density at radius 3 is 2.87 bits per heavy atom. The Morgan fingerprint density at radius 1 is 1.35 bits per heavy atom. The zero-order chi connectivity index (χ0) is 16.4. The molecule has 0 radical (unpaired) electrons. The van der Waals surface area contributed by atoms with Crippen LogP contribution in [0.2, 0.25) is 0 Å². The molecule has 2 atom stereocenters. The Morgan fingerprint density at radius 2 is 2.13 bits per heavy atom. The fourth-order valence-corrected chi connectivity index (χ4v) is 3.33. The number of nitrogens with two attached hydrogens (primary N) is 1. The number of carbonyl (C=O) groups is 2. The topological polar surface area (TPSA) is 88.4 Å². The van der Waals surface area contributed by atoms with E-state index in [0.717, 1.165) is 16.5 Å². The van der Waals surface area contributed by atoms with Crippen molar-refractivity contribution in [1.29, 1.82) is 0 Å². The molecule has 1 aliphatic heterocycles. The van der Waals surface area contributed by atoms with Gasteiger partial charge in [-0.25, -0.2) is 0 Å². The second-order valence-electron chi connectivity index (χ2n) is 6.06. The van der Waals surface area contributed by atoms with E-state index in [1.807, 2.05) is 30.5 Å². The van der Waals surface area contributed by atoms with Crippen molar-refractivity contribution in [3.05, 3.63) is 36.0 Å². The fourth-order valence-electron chi connectivity index (χ4n) is 3.33. The van der Waals surface area contributed by atoms with Crippen LogP contribution in [0.5, 0.6) is 0 Å². The van der Waals surface area contributed by atoms with Crippen LogP contribution in [0.1, 0.15) is 5.56 Å². The van der Waals surface area contributed by atoms with Gasteiger partial charge in [-0.3, -0.25) is 9.59 Å². The summed E-state index contributed by atoms with van der Waals surface area (Å²) in [7, 11) is 1.59. The minimum atomic E-state index is -0.366. The van der Waals surface area contributed by atoms with Crippen LogP contribution in [0.3, 0.4) is 0 Å². The monoisotopic (exact) mass is 315 g/mol. The third-order valence-electron chi connectivity index (χ3n) is 4.56. The van der Waals surface area contributed by atoms with E-state index in [1.165, 1.54) is 0 Å². The molecule has 6 nitrogen and oxygen atoms in total. The Hall–Kier alpha value is -2.34. The largest absolute Gasteiger partial charge is 0.384 e. The number of nitrogens with zero attached hydrogens (tertiary/aromatic N) is 1. The molecule has 1 aliphatic rings. The van der Waals surface area contributed by atoms with Crippen molar-refractivity contribution in [1.82, 2.24) is 9.88 Å². The van der Waals surface area contributed by atoms with E-state index >= 15 is 0 Å². The normalized spacial score (nSPS) is 21.0. The molecule has 2 amide bonds. The number of ether oxygens (including phenoxy) is 1. The average molecular weight is 315 g/mol. The molecular formula is C17H21N3O3. The molecule has 1 fully saturated rings. The number of amides is 2. The quantitative estimate of drug-likeness (QED) is 0.860. The Bertz CT molecular complexity index is 725. The highest BCUT2D eigenvalue weighted by Crippen LogP contribution is 2.25. The molecule has 1 saturated heterocycles. The lowest BCUT2D eigenvalue weighted by Crippen LogP contribution is -2.33. The van der Waals surface area contributed by atoms with Gasteiger partial charge in [0.15, 0.2) is 0 Å². The SMILES string of the molecule is COC[C@@H]1CN(C(=O)Cc2c[nH]c3ccccc23)C[C@H]1C(N)=O. The molecule has 3 N–H and O–H groups in total. The summed E-state index contributed by atoms with van der Waals surface area (Å²) < 4.78 is 5.15. The van der Waals surface area contributed by atoms with Crippen molar-refractivity contribution in [2.45, 2.75) is 6.42 Å². The Labute approximate surface area is 134 Å². The number of aromatic amines is 1. The molecule has 2 aromatic rings. The maximum absolute atomic E-state index is 12.6. The maximum atomic E-state index is 12.6. The molecule has 2 heterocycles. The second kappa shape index (κ2) is 6.42. The van der Waals surface area contributed by atoms with Crippen LogP contribution in [0.4, 0.5) is 0 Å². The number of fused-ring (bicyclic) bond motifs is 1. The lowest BCUT2D eigenvalue weighted by Gasteiger charge is -2.16. The number of carbonyl (C=O) groups excluding carboxylic acids is 2. The van der Waals surface area contributed by atoms with Gasteiger partial charge in [0, 0.05) is 43.2 Å². The van der Waals surface area contributed by atoms with Gasteiger partial charge in [-0.2, -0.15) is 0 Å². The lowest BCUT2D eigenvalue weighted by molar-refractivity contribution is -0.129. The first-order chi connectivity index (χ1) is 11.1. The van der Waals surface area contributed by atoms with Crippen LogP contribution in [-0.4, -0.2) is 48.5 Å². The minimum absolute atomic E-state index is 0.0135. The van der Waals surface area contributed by atoms with Gasteiger partial charge in [0.25, 0.3) is 0 Å². The van der Waals surface area contributed by atoms with Gasteiger partial charge in [0.05, 0.1) is 18.9 Å². The van der Waals surface area contributed by atoms with Crippen LogP contribution in [0, 0.1) is 11.8 Å². The van der Waals surface area contributed by atoms with E-state index in [1.54, 1.807) is 12.0 Å². The summed E-state index contributed by atoms with van der Waals surface area (Å²) >= 11 is 0. The molecule has 23 heavy (non-hydrogen) atoms. The number of rotatable bonds is 5. The van der Waals surface area contributed by atoms with Crippen molar-refractivity contribution in [2.24, 2.45) is 17.6 Å². The number of benzene rings is 1. The molecular weight excluding hydrogens is 294 g/mol. The van der Waals surface area contributed by atoms with Crippen molar-refractivity contribution in [3.63, 3.8) is 0 Å². The van der Waals surface area contributed by atoms with Gasteiger partial charge in [0.2, 0.25) is 11.8 Å². The fraction of sp³-hybridized carbons (Fsp3) is 0.412. The number of likely N-dealkylation sites (tertiary alicyclic amines) is 1. The van der Waals surface area contributed by atoms with Crippen molar-refractivity contribution in [3.8, 4) is 0 Å². The molecule has 3 rings (SSSR count). The first-order valence-electron chi connectivity index (χ1n) is 7.71. The van der Waals surface area contributed by atoms with Gasteiger partial charge >= 0.3 is 0 Å². The smallest absolute Gasteiger partial charge is 0.227 e. The first kappa shape index (κ1) is 15.6. The summed E-state index contributed by atoms with van der Waals surface area (Å²) in [5.41, 5.74) is 7.44. The predicted octanol–water partition coefficient (Wildman–Crippen LogP) is 0.917. The number of hydrogen-bond acceptors (Lipinski definition) is 3. The number of aromatic nitrogens is 1. The van der Waals surface area contributed by atoms with Gasteiger partial charge in [-0.1, -0.05) is 18.2 Å². The zero-order valence-electron chi connectivity index (χ0n) is 13.1. The third-order valence-corrected chi connectivity index (χ3v) is 4.56. The summed E-state index contributed by atoms with van der Waals surface area (Å²) in [6.45, 7) is 1.33. The average Bonchev–Trinajstić information content (AvgIpc) is 3.13. The molecule has 0 spiro atoms. The van der Waals surface area contributed by atoms with Crippen LogP contribution >= 0.6 is 0 Å². The number of H-pyrrole nitrogens is 1. The number of nitrogens with one attached hydrogen (secondary N) is 1. The summed E-state index contributed by atoms with van der Waals surface area (Å²) in [6.07, 6.45) is 2.19. The summed E-state index contributed by atoms with van der Waals surface area (Å²) in [4.78, 5) is 29.1. The van der Waals surface area contributed by atoms with Crippen molar-refractivity contribution < 1.29 is 14.3 Å². The van der Waals surface area contributed by atoms with Crippen LogP contribution in [0.25, 0.3) is 10.9 Å². The molecule has 0 aliphatic carbocycles. The molecule has 1 aromatic carbocycles. The molecule has 6 heteroatoms. The van der Waals surface area contributed by atoms with Crippen molar-refractivity contribution in [2.75, 3.05) is 26.8 Å². The zero-order valence-corrected chi connectivity index (χ0v) is 13.1. The maximum Gasteiger partial charge on any atom is 0.227 e. The standard InChI is InChI=1S/C17H21N3O3/c1-23-10-12-8-20(9-14(12)17(18)22)16(21)6-11-7-19-15-5-3-2-4-13(11)15/h2-5,7,12,14,19H,6,8-10H2,1H3,(H2,18,22)/t12-,14+/m0/s1.